The van der Waals surface area contributed by atoms with Crippen molar-refractivity contribution in [2.75, 3.05) is 33.9 Å². The van der Waals surface area contributed by atoms with Crippen LogP contribution in [0.5, 0.6) is 17.2 Å². The molecule has 2 amide bonds. The molecule has 0 radical (unpaired) electrons. The van der Waals surface area contributed by atoms with Crippen LogP contribution in [0, 0.1) is 0 Å². The molecule has 0 saturated heterocycles. The van der Waals surface area contributed by atoms with Gasteiger partial charge in [-0.15, -0.1) is 0 Å². The van der Waals surface area contributed by atoms with Gasteiger partial charge in [0.2, 0.25) is 10.0 Å². The lowest BCUT2D eigenvalue weighted by Gasteiger charge is -2.13. The zero-order valence-electron chi connectivity index (χ0n) is 16.8. The van der Waals surface area contributed by atoms with Crippen LogP contribution in [0.25, 0.3) is 0 Å². The molecule has 168 valence electrons. The molecule has 0 spiro atoms. The standard InChI is InChI=1S/C19H22ClN3O7S/c1-28-13-3-5-14(6-4-13)31(26,27)23-8-7-22-19(25)12-9-15(20)18(16(10-12)29-2)30-11-17(21)24/h3-6,9-10,23H,7-8,11H2,1-2H3,(H2,21,24)(H,22,25). The van der Waals surface area contributed by atoms with Crippen molar-refractivity contribution in [1.29, 1.82) is 0 Å². The lowest BCUT2D eigenvalue weighted by molar-refractivity contribution is -0.119. The molecule has 0 bridgehead atoms. The predicted molar refractivity (Wildman–Crippen MR) is 113 cm³/mol. The normalized spacial score (nSPS) is 10.9. The molecule has 0 aromatic heterocycles. The Morgan fingerprint density at radius 1 is 1.06 bits per heavy atom. The molecule has 2 aromatic rings. The second-order valence-corrected chi connectivity index (χ2v) is 8.25. The first kappa shape index (κ1) is 24.3. The number of methoxy groups -OCH3 is 2. The average molecular weight is 472 g/mol. The van der Waals surface area contributed by atoms with Gasteiger partial charge in [-0.05, 0) is 36.4 Å². The quantitative estimate of drug-likeness (QED) is 0.413. The van der Waals surface area contributed by atoms with E-state index in [2.05, 4.69) is 10.0 Å². The highest BCUT2D eigenvalue weighted by atomic mass is 35.5. The Bertz CT molecular complexity index is 1040. The fourth-order valence-electron chi connectivity index (χ4n) is 2.44. The first-order valence-corrected chi connectivity index (χ1v) is 10.7. The van der Waals surface area contributed by atoms with E-state index in [1.165, 1.54) is 50.6 Å². The number of sulfonamides is 1. The van der Waals surface area contributed by atoms with Crippen LogP contribution in [0.3, 0.4) is 0 Å². The molecule has 31 heavy (non-hydrogen) atoms. The Hall–Kier alpha value is -3.02. The second kappa shape index (κ2) is 10.8. The first-order chi connectivity index (χ1) is 14.7. The molecular formula is C19H22ClN3O7S. The summed E-state index contributed by atoms with van der Waals surface area (Å²) in [5.74, 6) is -0.459. The fraction of sp³-hybridized carbons (Fsp3) is 0.263. The van der Waals surface area contributed by atoms with Crippen molar-refractivity contribution in [1.82, 2.24) is 10.0 Å². The minimum atomic E-state index is -3.74. The van der Waals surface area contributed by atoms with Crippen molar-refractivity contribution < 1.29 is 32.2 Å². The van der Waals surface area contributed by atoms with E-state index in [1.54, 1.807) is 0 Å². The molecule has 0 aliphatic carbocycles. The van der Waals surface area contributed by atoms with Gasteiger partial charge in [-0.3, -0.25) is 9.59 Å². The zero-order valence-corrected chi connectivity index (χ0v) is 18.4. The molecule has 4 N–H and O–H groups in total. The molecule has 0 aliphatic heterocycles. The number of ether oxygens (including phenoxy) is 3. The van der Waals surface area contributed by atoms with Crippen molar-refractivity contribution in [3.05, 3.63) is 47.0 Å². The van der Waals surface area contributed by atoms with Gasteiger partial charge in [-0.2, -0.15) is 0 Å². The van der Waals surface area contributed by atoms with Crippen molar-refractivity contribution >= 4 is 33.4 Å². The minimum Gasteiger partial charge on any atom is -0.497 e. The Morgan fingerprint density at radius 2 is 1.74 bits per heavy atom. The molecule has 2 aromatic carbocycles. The maximum absolute atomic E-state index is 12.4. The van der Waals surface area contributed by atoms with Crippen molar-refractivity contribution in [3.8, 4) is 17.2 Å². The van der Waals surface area contributed by atoms with Crippen molar-refractivity contribution in [2.45, 2.75) is 4.90 Å². The van der Waals surface area contributed by atoms with E-state index in [0.717, 1.165) is 0 Å². The van der Waals surface area contributed by atoms with E-state index in [1.807, 2.05) is 0 Å². The van der Waals surface area contributed by atoms with E-state index in [9.17, 15) is 18.0 Å². The van der Waals surface area contributed by atoms with E-state index in [-0.39, 0.29) is 40.1 Å². The van der Waals surface area contributed by atoms with Crippen molar-refractivity contribution in [3.63, 3.8) is 0 Å². The number of benzene rings is 2. The number of carbonyl (C=O) groups is 2. The van der Waals surface area contributed by atoms with E-state index < -0.39 is 28.4 Å². The van der Waals surface area contributed by atoms with Crippen LogP contribution in [0.15, 0.2) is 41.3 Å². The molecule has 0 aliphatic rings. The van der Waals surface area contributed by atoms with Gasteiger partial charge in [0.1, 0.15) is 5.75 Å². The SMILES string of the molecule is COc1ccc(S(=O)(=O)NCCNC(=O)c2cc(Cl)c(OCC(N)=O)c(OC)c2)cc1. The monoisotopic (exact) mass is 471 g/mol. The Kier molecular flexibility index (Phi) is 8.48. The minimum absolute atomic E-state index is 0.0219. The van der Waals surface area contributed by atoms with Gasteiger partial charge in [0, 0.05) is 18.7 Å². The first-order valence-electron chi connectivity index (χ1n) is 8.88. The summed E-state index contributed by atoms with van der Waals surface area (Å²) in [5.41, 5.74) is 5.20. The van der Waals surface area contributed by atoms with Gasteiger partial charge in [0.25, 0.3) is 11.8 Å². The topological polar surface area (TPSA) is 146 Å². The van der Waals surface area contributed by atoms with Crippen molar-refractivity contribution in [2.24, 2.45) is 5.73 Å². The highest BCUT2D eigenvalue weighted by Crippen LogP contribution is 2.36. The third kappa shape index (κ3) is 6.74. The number of amides is 2. The maximum atomic E-state index is 12.4. The van der Waals surface area contributed by atoms with Crippen LogP contribution < -0.4 is 30.0 Å². The number of hydrogen-bond acceptors (Lipinski definition) is 7. The molecule has 10 nitrogen and oxygen atoms in total. The van der Waals surface area contributed by atoms with Crippen LogP contribution >= 0.6 is 11.6 Å². The number of nitrogens with two attached hydrogens (primary N) is 1. The van der Waals surface area contributed by atoms with Gasteiger partial charge in [0.15, 0.2) is 18.1 Å². The largest absolute Gasteiger partial charge is 0.497 e. The van der Waals surface area contributed by atoms with Crippen LogP contribution in [0.4, 0.5) is 0 Å². The number of rotatable bonds is 11. The third-order valence-electron chi connectivity index (χ3n) is 3.92. The van der Waals surface area contributed by atoms with Gasteiger partial charge in [-0.1, -0.05) is 11.6 Å². The third-order valence-corrected chi connectivity index (χ3v) is 5.68. The molecule has 0 heterocycles. The Morgan fingerprint density at radius 3 is 2.32 bits per heavy atom. The summed E-state index contributed by atoms with van der Waals surface area (Å²) in [7, 11) is -0.910. The molecule has 0 atom stereocenters. The number of hydrogen-bond donors (Lipinski definition) is 3. The number of primary amides is 1. The number of halogens is 1. The highest BCUT2D eigenvalue weighted by Gasteiger charge is 2.17. The van der Waals surface area contributed by atoms with Gasteiger partial charge < -0.3 is 25.3 Å². The zero-order chi connectivity index (χ0) is 23.0. The second-order valence-electron chi connectivity index (χ2n) is 6.07. The molecule has 2 rings (SSSR count). The Balaban J connectivity index is 1.96. The van der Waals surface area contributed by atoms with Crippen LogP contribution in [-0.2, 0) is 14.8 Å². The van der Waals surface area contributed by atoms with Gasteiger partial charge >= 0.3 is 0 Å². The summed E-state index contributed by atoms with van der Waals surface area (Å²) in [4.78, 5) is 23.3. The summed E-state index contributed by atoms with van der Waals surface area (Å²) in [6.07, 6.45) is 0. The average Bonchev–Trinajstić information content (AvgIpc) is 2.75. The molecular weight excluding hydrogens is 450 g/mol. The van der Waals surface area contributed by atoms with E-state index in [4.69, 9.17) is 31.5 Å². The predicted octanol–water partition coefficient (Wildman–Crippen LogP) is 0.930. The molecule has 0 saturated carbocycles. The number of nitrogens with one attached hydrogen (secondary N) is 2. The van der Waals surface area contributed by atoms with Crippen LogP contribution in [0.2, 0.25) is 5.02 Å². The summed E-state index contributed by atoms with van der Waals surface area (Å²) in [5, 5.41) is 2.62. The van der Waals surface area contributed by atoms with E-state index in [0.29, 0.717) is 5.75 Å². The fourth-order valence-corrected chi connectivity index (χ4v) is 3.73. The van der Waals surface area contributed by atoms with Gasteiger partial charge in [-0.25, -0.2) is 13.1 Å². The Labute approximate surface area is 184 Å². The van der Waals surface area contributed by atoms with Gasteiger partial charge in [0.05, 0.1) is 24.1 Å². The molecule has 0 unspecified atom stereocenters. The summed E-state index contributed by atoms with van der Waals surface area (Å²) in [6.45, 7) is -0.422. The lowest BCUT2D eigenvalue weighted by atomic mass is 10.2. The summed E-state index contributed by atoms with van der Waals surface area (Å²) in [6, 6.07) is 8.59. The van der Waals surface area contributed by atoms with E-state index >= 15 is 0 Å². The number of carbonyl (C=O) groups excluding carboxylic acids is 2. The highest BCUT2D eigenvalue weighted by molar-refractivity contribution is 7.89. The smallest absolute Gasteiger partial charge is 0.255 e. The van der Waals surface area contributed by atoms with Crippen LogP contribution in [0.1, 0.15) is 10.4 Å². The summed E-state index contributed by atoms with van der Waals surface area (Å²) < 4.78 is 42.3. The summed E-state index contributed by atoms with van der Waals surface area (Å²) >= 11 is 6.11. The molecule has 0 fully saturated rings. The maximum Gasteiger partial charge on any atom is 0.255 e. The molecule has 12 heteroatoms. The van der Waals surface area contributed by atoms with Crippen LogP contribution in [-0.4, -0.2) is 54.1 Å². The lowest BCUT2D eigenvalue weighted by Crippen LogP contribution is -2.34.